The van der Waals surface area contributed by atoms with Gasteiger partial charge in [0.15, 0.2) is 0 Å². The van der Waals surface area contributed by atoms with Crippen molar-refractivity contribution in [1.82, 2.24) is 25.5 Å². The molecule has 33 heavy (non-hydrogen) atoms. The number of aromatic amines is 1. The lowest BCUT2D eigenvalue weighted by Gasteiger charge is -2.29. The maximum atomic E-state index is 13.4. The van der Waals surface area contributed by atoms with Crippen molar-refractivity contribution in [3.63, 3.8) is 0 Å². The Hall–Kier alpha value is -3.03. The summed E-state index contributed by atoms with van der Waals surface area (Å²) in [6.07, 6.45) is 5.77. The lowest BCUT2D eigenvalue weighted by Crippen LogP contribution is -2.57. The number of aliphatic hydroxyl groups is 1. The number of nitrogens with zero attached hydrogens (tertiary/aromatic N) is 2. The van der Waals surface area contributed by atoms with Crippen LogP contribution < -0.4 is 22.1 Å². The summed E-state index contributed by atoms with van der Waals surface area (Å²) in [5.41, 5.74) is 12.0. The van der Waals surface area contributed by atoms with E-state index in [0.717, 1.165) is 6.42 Å². The fraction of sp³-hybridized carbons (Fsp3) is 0.650. The number of hydrogen-bond donors (Lipinski definition) is 7. The molecule has 184 valence electrons. The zero-order valence-electron chi connectivity index (χ0n) is 18.4. The van der Waals surface area contributed by atoms with Crippen molar-refractivity contribution in [3.8, 4) is 0 Å². The van der Waals surface area contributed by atoms with Crippen LogP contribution in [-0.2, 0) is 25.6 Å². The summed E-state index contributed by atoms with van der Waals surface area (Å²) < 4.78 is 0. The highest BCUT2D eigenvalue weighted by molar-refractivity contribution is 5.94. The Morgan fingerprint density at radius 2 is 2.00 bits per heavy atom. The van der Waals surface area contributed by atoms with Gasteiger partial charge in [0.05, 0.1) is 19.0 Å². The number of carboxylic acids is 1. The second-order valence-electron chi connectivity index (χ2n) is 8.00. The fourth-order valence-corrected chi connectivity index (χ4v) is 3.69. The van der Waals surface area contributed by atoms with Crippen molar-refractivity contribution >= 4 is 23.7 Å². The molecule has 1 aliphatic heterocycles. The molecule has 13 nitrogen and oxygen atoms in total. The van der Waals surface area contributed by atoms with Gasteiger partial charge in [0.1, 0.15) is 18.1 Å². The van der Waals surface area contributed by atoms with Gasteiger partial charge in [-0.2, -0.15) is 0 Å². The van der Waals surface area contributed by atoms with Gasteiger partial charge >= 0.3 is 5.97 Å². The van der Waals surface area contributed by atoms with Crippen LogP contribution in [0.1, 0.15) is 37.8 Å². The van der Waals surface area contributed by atoms with Gasteiger partial charge < -0.3 is 42.2 Å². The fourth-order valence-electron chi connectivity index (χ4n) is 3.69. The normalized spacial score (nSPS) is 18.4. The van der Waals surface area contributed by atoms with Crippen LogP contribution in [0, 0.1) is 0 Å². The number of nitrogens with two attached hydrogens (primary N) is 2. The number of unbranched alkanes of at least 4 members (excludes halogenated alkanes) is 1. The van der Waals surface area contributed by atoms with Crippen molar-refractivity contribution < 1.29 is 29.4 Å². The monoisotopic (exact) mass is 467 g/mol. The highest BCUT2D eigenvalue weighted by Gasteiger charge is 2.39. The van der Waals surface area contributed by atoms with Gasteiger partial charge in [0.25, 0.3) is 0 Å². The first-order valence-electron chi connectivity index (χ1n) is 11.0. The molecule has 2 rings (SSSR count). The van der Waals surface area contributed by atoms with E-state index in [1.807, 2.05) is 0 Å². The Bertz CT molecular complexity index is 803. The Morgan fingerprint density at radius 1 is 1.24 bits per heavy atom. The molecule has 1 fully saturated rings. The second-order valence-corrected chi connectivity index (χ2v) is 8.00. The van der Waals surface area contributed by atoms with Crippen molar-refractivity contribution in [2.45, 2.75) is 62.7 Å². The van der Waals surface area contributed by atoms with Crippen molar-refractivity contribution in [2.75, 3.05) is 19.7 Å². The third kappa shape index (κ3) is 7.51. The number of amides is 3. The van der Waals surface area contributed by atoms with Crippen LogP contribution >= 0.6 is 0 Å². The molecule has 0 aliphatic carbocycles. The molecule has 1 saturated heterocycles. The molecule has 1 aliphatic rings. The largest absolute Gasteiger partial charge is 0.480 e. The Labute approximate surface area is 191 Å². The first kappa shape index (κ1) is 26.2. The van der Waals surface area contributed by atoms with E-state index >= 15 is 0 Å². The minimum atomic E-state index is -1.47. The van der Waals surface area contributed by atoms with E-state index in [1.54, 1.807) is 0 Å². The molecule has 4 atom stereocenters. The quantitative estimate of drug-likeness (QED) is 0.152. The number of carboxylic acid groups (broad SMARTS) is 1. The van der Waals surface area contributed by atoms with E-state index in [-0.39, 0.29) is 13.0 Å². The van der Waals surface area contributed by atoms with Crippen LogP contribution in [0.15, 0.2) is 12.5 Å². The van der Waals surface area contributed by atoms with Gasteiger partial charge in [0.2, 0.25) is 17.7 Å². The average molecular weight is 468 g/mol. The highest BCUT2D eigenvalue weighted by atomic mass is 16.4. The molecule has 4 unspecified atom stereocenters. The molecule has 1 aromatic rings. The lowest BCUT2D eigenvalue weighted by atomic mass is 10.1. The van der Waals surface area contributed by atoms with Crippen LogP contribution in [0.5, 0.6) is 0 Å². The number of H-pyrrole nitrogens is 1. The molecule has 13 heteroatoms. The molecule has 0 radical (unpaired) electrons. The summed E-state index contributed by atoms with van der Waals surface area (Å²) >= 11 is 0. The van der Waals surface area contributed by atoms with Crippen LogP contribution in [0.2, 0.25) is 0 Å². The van der Waals surface area contributed by atoms with E-state index in [2.05, 4.69) is 20.6 Å². The standard InChI is InChI=1S/C20H33N7O6/c21-6-2-1-4-13(22)17(29)25-14(8-12-9-23-11-24-12)19(31)27-7-3-5-16(27)18(30)26-15(10-28)20(32)33/h9,11,13-16,28H,1-8,10,21-22H2,(H,23,24)(H,25,29)(H,26,30)(H,32,33). The Balaban J connectivity index is 2.12. The number of aliphatic carboxylic acids is 1. The van der Waals surface area contributed by atoms with Gasteiger partial charge in [0, 0.05) is 24.9 Å². The van der Waals surface area contributed by atoms with E-state index in [1.165, 1.54) is 17.4 Å². The van der Waals surface area contributed by atoms with Gasteiger partial charge in [-0.25, -0.2) is 9.78 Å². The maximum absolute atomic E-state index is 13.4. The van der Waals surface area contributed by atoms with E-state index in [9.17, 15) is 24.3 Å². The molecule has 0 spiro atoms. The number of rotatable bonds is 13. The van der Waals surface area contributed by atoms with Crippen molar-refractivity contribution in [1.29, 1.82) is 0 Å². The molecular formula is C20H33N7O6. The van der Waals surface area contributed by atoms with E-state index < -0.39 is 54.5 Å². The average Bonchev–Trinajstić information content (AvgIpc) is 3.48. The van der Waals surface area contributed by atoms with E-state index in [0.29, 0.717) is 37.9 Å². The van der Waals surface area contributed by atoms with Crippen molar-refractivity contribution in [3.05, 3.63) is 18.2 Å². The SMILES string of the molecule is NCCCCC(N)C(=O)NC(Cc1cnc[nH]1)C(=O)N1CCCC1C(=O)NC(CO)C(=O)O. The summed E-state index contributed by atoms with van der Waals surface area (Å²) in [5.74, 6) is -3.03. The maximum Gasteiger partial charge on any atom is 0.328 e. The Kier molecular flexibility index (Phi) is 10.2. The number of aromatic nitrogens is 2. The Morgan fingerprint density at radius 3 is 2.61 bits per heavy atom. The zero-order valence-corrected chi connectivity index (χ0v) is 18.4. The number of aliphatic hydroxyl groups excluding tert-OH is 1. The third-order valence-electron chi connectivity index (χ3n) is 5.54. The molecule has 1 aromatic heterocycles. The molecule has 2 heterocycles. The number of carbonyl (C=O) groups excluding carboxylic acids is 3. The minimum Gasteiger partial charge on any atom is -0.480 e. The molecule has 0 bridgehead atoms. The molecule has 0 aromatic carbocycles. The van der Waals surface area contributed by atoms with Gasteiger partial charge in [-0.3, -0.25) is 14.4 Å². The van der Waals surface area contributed by atoms with Crippen LogP contribution in [-0.4, -0.2) is 92.6 Å². The molecular weight excluding hydrogens is 434 g/mol. The van der Waals surface area contributed by atoms with Crippen LogP contribution in [0.4, 0.5) is 0 Å². The summed E-state index contributed by atoms with van der Waals surface area (Å²) in [7, 11) is 0. The summed E-state index contributed by atoms with van der Waals surface area (Å²) in [6, 6.07) is -4.19. The highest BCUT2D eigenvalue weighted by Crippen LogP contribution is 2.20. The number of hydrogen-bond acceptors (Lipinski definition) is 8. The second kappa shape index (κ2) is 12.9. The van der Waals surface area contributed by atoms with E-state index in [4.69, 9.17) is 16.6 Å². The number of likely N-dealkylation sites (tertiary alicyclic amines) is 1. The first-order valence-corrected chi connectivity index (χ1v) is 11.0. The smallest absolute Gasteiger partial charge is 0.328 e. The topological polar surface area (TPSA) is 217 Å². The first-order chi connectivity index (χ1) is 15.8. The predicted octanol–water partition coefficient (Wildman–Crippen LogP) is -2.55. The van der Waals surface area contributed by atoms with Gasteiger partial charge in [-0.05, 0) is 32.2 Å². The molecule has 3 amide bonds. The van der Waals surface area contributed by atoms with Crippen molar-refractivity contribution in [2.24, 2.45) is 11.5 Å². The van der Waals surface area contributed by atoms with Crippen LogP contribution in [0.3, 0.4) is 0 Å². The summed E-state index contributed by atoms with van der Waals surface area (Å²) in [5, 5.41) is 23.2. The molecule has 9 N–H and O–H groups in total. The minimum absolute atomic E-state index is 0.110. The number of nitrogens with one attached hydrogen (secondary N) is 3. The number of imidazole rings is 1. The summed E-state index contributed by atoms with van der Waals surface area (Å²) in [4.78, 5) is 57.9. The molecule has 0 saturated carbocycles. The predicted molar refractivity (Wildman–Crippen MR) is 116 cm³/mol. The third-order valence-corrected chi connectivity index (χ3v) is 5.54. The van der Waals surface area contributed by atoms with Gasteiger partial charge in [-0.15, -0.1) is 0 Å². The number of carbonyl (C=O) groups is 4. The van der Waals surface area contributed by atoms with Crippen LogP contribution in [0.25, 0.3) is 0 Å². The lowest BCUT2D eigenvalue weighted by molar-refractivity contribution is -0.145. The summed E-state index contributed by atoms with van der Waals surface area (Å²) in [6.45, 7) is -0.0132. The van der Waals surface area contributed by atoms with Gasteiger partial charge in [-0.1, -0.05) is 6.42 Å². The zero-order chi connectivity index (χ0) is 24.4.